The summed E-state index contributed by atoms with van der Waals surface area (Å²) in [6.07, 6.45) is 0.679. The van der Waals surface area contributed by atoms with Crippen LogP contribution in [0.3, 0.4) is 0 Å². The van der Waals surface area contributed by atoms with Gasteiger partial charge in [-0.2, -0.15) is 8.78 Å². The Hall–Kier alpha value is -2.53. The molecule has 1 heterocycles. The molecule has 1 aliphatic carbocycles. The number of rotatable bonds is 3. The Morgan fingerprint density at radius 1 is 0.926 bits per heavy atom. The standard InChI is InChI=1S/C22H21F2NO2/c23-22(24,21(26)25-12-14-27-15-13-25)19-11-10-16-6-4-5-9-18(16)20(19)17-7-2-1-3-8-17/h1-9H,10-15H2. The highest BCUT2D eigenvalue weighted by Gasteiger charge is 2.48. The number of benzene rings is 2. The van der Waals surface area contributed by atoms with Crippen LogP contribution in [0, 0.1) is 0 Å². The van der Waals surface area contributed by atoms with E-state index in [-0.39, 0.29) is 25.1 Å². The fourth-order valence-corrected chi connectivity index (χ4v) is 3.87. The topological polar surface area (TPSA) is 29.5 Å². The zero-order chi connectivity index (χ0) is 18.9. The molecule has 2 aliphatic rings. The summed E-state index contributed by atoms with van der Waals surface area (Å²) in [5, 5.41) is 0. The molecule has 27 heavy (non-hydrogen) atoms. The highest BCUT2D eigenvalue weighted by molar-refractivity contribution is 5.94. The average molecular weight is 369 g/mol. The summed E-state index contributed by atoms with van der Waals surface area (Å²) in [6.45, 7) is 1.02. The van der Waals surface area contributed by atoms with Gasteiger partial charge in [-0.15, -0.1) is 0 Å². The molecule has 2 aromatic carbocycles. The predicted octanol–water partition coefficient (Wildman–Crippen LogP) is 3.93. The fraction of sp³-hybridized carbons (Fsp3) is 0.318. The quantitative estimate of drug-likeness (QED) is 0.821. The number of nitrogens with zero attached hydrogens (tertiary/aromatic N) is 1. The van der Waals surface area contributed by atoms with Gasteiger partial charge in [0.1, 0.15) is 0 Å². The molecule has 0 bridgehead atoms. The maximum atomic E-state index is 15.4. The summed E-state index contributed by atoms with van der Waals surface area (Å²) < 4.78 is 36.0. The number of carbonyl (C=O) groups is 1. The number of hydrogen-bond acceptors (Lipinski definition) is 2. The minimum absolute atomic E-state index is 0.0797. The van der Waals surface area contributed by atoms with Crippen LogP contribution < -0.4 is 0 Å². The monoisotopic (exact) mass is 369 g/mol. The Bertz CT molecular complexity index is 871. The van der Waals surface area contributed by atoms with Crippen LogP contribution in [0.5, 0.6) is 0 Å². The molecule has 4 rings (SSSR count). The molecule has 140 valence electrons. The van der Waals surface area contributed by atoms with Gasteiger partial charge in [-0.05, 0) is 35.1 Å². The first-order chi connectivity index (χ1) is 13.1. The molecule has 5 heteroatoms. The maximum absolute atomic E-state index is 15.4. The summed E-state index contributed by atoms with van der Waals surface area (Å²) in [5.74, 6) is -4.65. The first-order valence-electron chi connectivity index (χ1n) is 9.21. The van der Waals surface area contributed by atoms with Crippen molar-refractivity contribution in [1.82, 2.24) is 4.90 Å². The van der Waals surface area contributed by atoms with Crippen molar-refractivity contribution in [2.75, 3.05) is 26.3 Å². The summed E-state index contributed by atoms with van der Waals surface area (Å²) in [6, 6.07) is 16.8. The van der Waals surface area contributed by atoms with Crippen molar-refractivity contribution in [3.05, 3.63) is 76.9 Å². The van der Waals surface area contributed by atoms with E-state index in [4.69, 9.17) is 4.74 Å². The molecule has 0 N–H and O–H groups in total. The minimum Gasteiger partial charge on any atom is -0.378 e. The van der Waals surface area contributed by atoms with Gasteiger partial charge in [0.25, 0.3) is 5.91 Å². The van der Waals surface area contributed by atoms with E-state index < -0.39 is 11.8 Å². The lowest BCUT2D eigenvalue weighted by Crippen LogP contribution is -2.49. The molecular weight excluding hydrogens is 348 g/mol. The summed E-state index contributed by atoms with van der Waals surface area (Å²) in [7, 11) is 0. The molecule has 0 radical (unpaired) electrons. The zero-order valence-electron chi connectivity index (χ0n) is 15.0. The molecule has 3 nitrogen and oxygen atoms in total. The van der Waals surface area contributed by atoms with E-state index in [1.807, 2.05) is 54.6 Å². The third-order valence-corrected chi connectivity index (χ3v) is 5.24. The molecule has 1 saturated heterocycles. The highest BCUT2D eigenvalue weighted by atomic mass is 19.3. The van der Waals surface area contributed by atoms with Crippen molar-refractivity contribution in [3.8, 4) is 0 Å². The molecule has 0 unspecified atom stereocenters. The van der Waals surface area contributed by atoms with E-state index in [1.54, 1.807) is 0 Å². The summed E-state index contributed by atoms with van der Waals surface area (Å²) in [4.78, 5) is 13.9. The Morgan fingerprint density at radius 3 is 2.33 bits per heavy atom. The van der Waals surface area contributed by atoms with Gasteiger partial charge in [-0.1, -0.05) is 54.6 Å². The second-order valence-electron chi connectivity index (χ2n) is 6.86. The second-order valence-corrected chi connectivity index (χ2v) is 6.86. The van der Waals surface area contributed by atoms with Crippen LogP contribution >= 0.6 is 0 Å². The van der Waals surface area contributed by atoms with Crippen molar-refractivity contribution < 1.29 is 18.3 Å². The number of morpholine rings is 1. The van der Waals surface area contributed by atoms with E-state index in [9.17, 15) is 4.79 Å². The zero-order valence-corrected chi connectivity index (χ0v) is 15.0. The van der Waals surface area contributed by atoms with Gasteiger partial charge >= 0.3 is 5.92 Å². The average Bonchev–Trinajstić information content (AvgIpc) is 2.73. The Labute approximate surface area is 157 Å². The molecule has 0 atom stereocenters. The van der Waals surface area contributed by atoms with Crippen molar-refractivity contribution in [1.29, 1.82) is 0 Å². The largest absolute Gasteiger partial charge is 0.378 e. The molecule has 0 saturated carbocycles. The summed E-state index contributed by atoms with van der Waals surface area (Å²) in [5.41, 5.74) is 2.95. The third-order valence-electron chi connectivity index (χ3n) is 5.24. The van der Waals surface area contributed by atoms with Crippen LogP contribution in [-0.4, -0.2) is 43.0 Å². The van der Waals surface area contributed by atoms with E-state index in [0.29, 0.717) is 30.8 Å². The van der Waals surface area contributed by atoms with Gasteiger partial charge < -0.3 is 9.64 Å². The maximum Gasteiger partial charge on any atom is 0.346 e. The Kier molecular flexibility index (Phi) is 4.79. The second kappa shape index (κ2) is 7.24. The van der Waals surface area contributed by atoms with Crippen LogP contribution in [0.4, 0.5) is 8.78 Å². The lowest BCUT2D eigenvalue weighted by molar-refractivity contribution is -0.156. The fourth-order valence-electron chi connectivity index (χ4n) is 3.87. The van der Waals surface area contributed by atoms with Crippen LogP contribution in [-0.2, 0) is 16.0 Å². The van der Waals surface area contributed by atoms with Crippen LogP contribution in [0.25, 0.3) is 5.57 Å². The van der Waals surface area contributed by atoms with E-state index >= 15 is 8.78 Å². The number of amides is 1. The van der Waals surface area contributed by atoms with Crippen LogP contribution in [0.2, 0.25) is 0 Å². The first kappa shape index (κ1) is 17.9. The van der Waals surface area contributed by atoms with Gasteiger partial charge in [0.2, 0.25) is 0 Å². The first-order valence-corrected chi connectivity index (χ1v) is 9.21. The van der Waals surface area contributed by atoms with E-state index in [1.165, 1.54) is 4.90 Å². The lowest BCUT2D eigenvalue weighted by Gasteiger charge is -2.33. The normalized spacial score (nSPS) is 17.6. The predicted molar refractivity (Wildman–Crippen MR) is 99.6 cm³/mol. The Morgan fingerprint density at radius 2 is 1.59 bits per heavy atom. The van der Waals surface area contributed by atoms with Crippen LogP contribution in [0.15, 0.2) is 60.2 Å². The number of aryl methyl sites for hydroxylation is 1. The molecular formula is C22H21F2NO2. The van der Waals surface area contributed by atoms with Gasteiger partial charge in [-0.3, -0.25) is 4.79 Å². The summed E-state index contributed by atoms with van der Waals surface area (Å²) >= 11 is 0. The highest BCUT2D eigenvalue weighted by Crippen LogP contribution is 2.43. The van der Waals surface area contributed by atoms with Crippen molar-refractivity contribution in [3.63, 3.8) is 0 Å². The number of ether oxygens (including phenoxy) is 1. The Balaban J connectivity index is 1.84. The molecule has 0 aromatic heterocycles. The lowest BCUT2D eigenvalue weighted by atomic mass is 9.79. The minimum atomic E-state index is -3.53. The molecule has 1 fully saturated rings. The molecule has 1 amide bonds. The number of halogens is 2. The van der Waals surface area contributed by atoms with Gasteiger partial charge in [-0.25, -0.2) is 0 Å². The van der Waals surface area contributed by atoms with Crippen molar-refractivity contribution in [2.24, 2.45) is 0 Å². The van der Waals surface area contributed by atoms with Gasteiger partial charge in [0, 0.05) is 18.7 Å². The van der Waals surface area contributed by atoms with Crippen molar-refractivity contribution >= 4 is 11.5 Å². The molecule has 2 aromatic rings. The smallest absolute Gasteiger partial charge is 0.346 e. The van der Waals surface area contributed by atoms with Crippen LogP contribution in [0.1, 0.15) is 23.1 Å². The number of hydrogen-bond donors (Lipinski definition) is 0. The van der Waals surface area contributed by atoms with E-state index in [0.717, 1.165) is 11.1 Å². The third kappa shape index (κ3) is 3.28. The van der Waals surface area contributed by atoms with E-state index in [2.05, 4.69) is 0 Å². The number of fused-ring (bicyclic) bond motifs is 1. The van der Waals surface area contributed by atoms with Gasteiger partial charge in [0.15, 0.2) is 0 Å². The molecule has 0 spiro atoms. The molecule has 1 aliphatic heterocycles. The SMILES string of the molecule is O=C(N1CCOCC1)C(F)(F)C1=C(c2ccccc2)c2ccccc2CC1. The number of alkyl halides is 2. The van der Waals surface area contributed by atoms with Gasteiger partial charge in [0.05, 0.1) is 13.2 Å². The number of carbonyl (C=O) groups excluding carboxylic acids is 1. The van der Waals surface area contributed by atoms with Crippen molar-refractivity contribution in [2.45, 2.75) is 18.8 Å².